The largest absolute Gasteiger partial charge is 0.248 e. The molecule has 3 heteroatoms. The Hall–Kier alpha value is -1.45. The molecule has 20 heavy (non-hydrogen) atoms. The standard InChI is InChI=1S/C17H11Br2N/c18-14-8-4-12(5-9-14)16-2-1-3-17(20-16)13-6-10-15(19)11-7-13/h1-11H. The first-order chi connectivity index (χ1) is 9.72. The van der Waals surface area contributed by atoms with Crippen LogP contribution < -0.4 is 0 Å². The molecule has 3 aromatic rings. The lowest BCUT2D eigenvalue weighted by Crippen LogP contribution is -1.87. The highest BCUT2D eigenvalue weighted by atomic mass is 79.9. The SMILES string of the molecule is Brc1ccc(-c2cccc(-c3ccc(Br)cc3)n2)cc1. The number of halogens is 2. The van der Waals surface area contributed by atoms with Gasteiger partial charge < -0.3 is 0 Å². The van der Waals surface area contributed by atoms with E-state index in [-0.39, 0.29) is 0 Å². The van der Waals surface area contributed by atoms with Crippen molar-refractivity contribution in [2.75, 3.05) is 0 Å². The summed E-state index contributed by atoms with van der Waals surface area (Å²) in [6.07, 6.45) is 0. The predicted molar refractivity (Wildman–Crippen MR) is 90.5 cm³/mol. The van der Waals surface area contributed by atoms with Gasteiger partial charge in [0.15, 0.2) is 0 Å². The van der Waals surface area contributed by atoms with Crippen LogP contribution in [0.5, 0.6) is 0 Å². The van der Waals surface area contributed by atoms with Crippen molar-refractivity contribution in [2.24, 2.45) is 0 Å². The summed E-state index contributed by atoms with van der Waals surface area (Å²) in [7, 11) is 0. The molecule has 0 aliphatic carbocycles. The fourth-order valence-electron chi connectivity index (χ4n) is 2.00. The molecule has 1 nitrogen and oxygen atoms in total. The monoisotopic (exact) mass is 387 g/mol. The van der Waals surface area contributed by atoms with Gasteiger partial charge in [-0.05, 0) is 36.4 Å². The first kappa shape index (κ1) is 13.5. The Bertz CT molecular complexity index is 658. The molecule has 0 bridgehead atoms. The lowest BCUT2D eigenvalue weighted by Gasteiger charge is -2.05. The van der Waals surface area contributed by atoms with Crippen molar-refractivity contribution >= 4 is 31.9 Å². The summed E-state index contributed by atoms with van der Waals surface area (Å²) >= 11 is 6.90. The highest BCUT2D eigenvalue weighted by molar-refractivity contribution is 9.10. The molecule has 98 valence electrons. The van der Waals surface area contributed by atoms with Gasteiger partial charge in [-0.3, -0.25) is 0 Å². The summed E-state index contributed by atoms with van der Waals surface area (Å²) < 4.78 is 2.15. The summed E-state index contributed by atoms with van der Waals surface area (Å²) in [4.78, 5) is 4.74. The molecule has 0 aliphatic heterocycles. The molecular weight excluding hydrogens is 378 g/mol. The summed E-state index contributed by atoms with van der Waals surface area (Å²) in [6.45, 7) is 0. The van der Waals surface area contributed by atoms with Gasteiger partial charge in [0.05, 0.1) is 11.4 Å². The van der Waals surface area contributed by atoms with Crippen LogP contribution in [-0.2, 0) is 0 Å². The van der Waals surface area contributed by atoms with Gasteiger partial charge in [0, 0.05) is 20.1 Å². The number of rotatable bonds is 2. The molecule has 0 fully saturated rings. The molecule has 0 aliphatic rings. The zero-order valence-corrected chi connectivity index (χ0v) is 13.7. The minimum Gasteiger partial charge on any atom is -0.248 e. The van der Waals surface area contributed by atoms with Gasteiger partial charge in [-0.1, -0.05) is 62.2 Å². The number of benzene rings is 2. The fraction of sp³-hybridized carbons (Fsp3) is 0. The van der Waals surface area contributed by atoms with Crippen LogP contribution in [0.4, 0.5) is 0 Å². The number of hydrogen-bond acceptors (Lipinski definition) is 1. The second kappa shape index (κ2) is 5.90. The third-order valence-electron chi connectivity index (χ3n) is 3.03. The third kappa shape index (κ3) is 3.00. The minimum atomic E-state index is 0.984. The van der Waals surface area contributed by atoms with Crippen molar-refractivity contribution in [3.63, 3.8) is 0 Å². The van der Waals surface area contributed by atoms with Crippen molar-refractivity contribution in [3.05, 3.63) is 75.7 Å². The number of nitrogens with zero attached hydrogens (tertiary/aromatic N) is 1. The van der Waals surface area contributed by atoms with E-state index >= 15 is 0 Å². The Morgan fingerprint density at radius 3 is 1.35 bits per heavy atom. The summed E-state index contributed by atoms with van der Waals surface area (Å²) in [5.74, 6) is 0. The second-order valence-corrected chi connectivity index (χ2v) is 6.25. The van der Waals surface area contributed by atoms with Crippen molar-refractivity contribution in [2.45, 2.75) is 0 Å². The average Bonchev–Trinajstić information content (AvgIpc) is 2.49. The summed E-state index contributed by atoms with van der Waals surface area (Å²) in [6, 6.07) is 22.5. The Morgan fingerprint density at radius 2 is 0.950 bits per heavy atom. The van der Waals surface area contributed by atoms with Crippen LogP contribution in [0.1, 0.15) is 0 Å². The van der Waals surface area contributed by atoms with E-state index in [0.29, 0.717) is 0 Å². The molecule has 0 amide bonds. The van der Waals surface area contributed by atoms with Gasteiger partial charge in [0.2, 0.25) is 0 Å². The number of pyridine rings is 1. The molecule has 0 atom stereocenters. The van der Waals surface area contributed by atoms with E-state index in [2.05, 4.69) is 56.1 Å². The van der Waals surface area contributed by atoms with E-state index in [4.69, 9.17) is 4.98 Å². The van der Waals surface area contributed by atoms with Crippen LogP contribution in [0.3, 0.4) is 0 Å². The van der Waals surface area contributed by atoms with Gasteiger partial charge in [0.25, 0.3) is 0 Å². The minimum absolute atomic E-state index is 0.984. The van der Waals surface area contributed by atoms with Crippen molar-refractivity contribution < 1.29 is 0 Å². The number of aromatic nitrogens is 1. The summed E-state index contributed by atoms with van der Waals surface area (Å²) in [5.41, 5.74) is 4.20. The lowest BCUT2D eigenvalue weighted by molar-refractivity contribution is 1.32. The van der Waals surface area contributed by atoms with Crippen LogP contribution in [0.25, 0.3) is 22.5 Å². The maximum Gasteiger partial charge on any atom is 0.0709 e. The fourth-order valence-corrected chi connectivity index (χ4v) is 2.53. The normalized spacial score (nSPS) is 10.5. The maximum atomic E-state index is 4.74. The van der Waals surface area contributed by atoms with Gasteiger partial charge in [0.1, 0.15) is 0 Å². The average molecular weight is 389 g/mol. The molecule has 3 rings (SSSR count). The summed E-state index contributed by atoms with van der Waals surface area (Å²) in [5, 5.41) is 0. The van der Waals surface area contributed by atoms with E-state index in [0.717, 1.165) is 31.5 Å². The zero-order chi connectivity index (χ0) is 13.9. The van der Waals surface area contributed by atoms with Crippen molar-refractivity contribution in [3.8, 4) is 22.5 Å². The highest BCUT2D eigenvalue weighted by Crippen LogP contribution is 2.24. The predicted octanol–water partition coefficient (Wildman–Crippen LogP) is 5.94. The van der Waals surface area contributed by atoms with E-state index in [1.807, 2.05) is 42.5 Å². The highest BCUT2D eigenvalue weighted by Gasteiger charge is 2.03. The second-order valence-electron chi connectivity index (χ2n) is 4.42. The van der Waals surface area contributed by atoms with Gasteiger partial charge in [-0.15, -0.1) is 0 Å². The van der Waals surface area contributed by atoms with Crippen LogP contribution in [0.15, 0.2) is 75.7 Å². The molecule has 1 heterocycles. The quantitative estimate of drug-likeness (QED) is 0.529. The Kier molecular flexibility index (Phi) is 3.99. The molecule has 0 saturated carbocycles. The molecule has 0 N–H and O–H groups in total. The molecule has 0 unspecified atom stereocenters. The lowest BCUT2D eigenvalue weighted by atomic mass is 10.1. The first-order valence-electron chi connectivity index (χ1n) is 6.21. The molecule has 2 aromatic carbocycles. The van der Waals surface area contributed by atoms with Crippen molar-refractivity contribution in [1.82, 2.24) is 4.98 Å². The topological polar surface area (TPSA) is 12.9 Å². The van der Waals surface area contributed by atoms with Crippen LogP contribution >= 0.6 is 31.9 Å². The van der Waals surface area contributed by atoms with Gasteiger partial charge in [-0.25, -0.2) is 4.98 Å². The molecule has 0 saturated heterocycles. The van der Waals surface area contributed by atoms with Crippen LogP contribution in [0, 0.1) is 0 Å². The first-order valence-corrected chi connectivity index (χ1v) is 7.80. The van der Waals surface area contributed by atoms with Crippen LogP contribution in [-0.4, -0.2) is 4.98 Å². The molecule has 0 radical (unpaired) electrons. The molecule has 1 aromatic heterocycles. The Morgan fingerprint density at radius 1 is 0.550 bits per heavy atom. The third-order valence-corrected chi connectivity index (χ3v) is 4.09. The Labute approximate surface area is 135 Å². The van der Waals surface area contributed by atoms with Crippen molar-refractivity contribution in [1.29, 1.82) is 0 Å². The number of hydrogen-bond donors (Lipinski definition) is 0. The zero-order valence-electron chi connectivity index (χ0n) is 10.6. The van der Waals surface area contributed by atoms with E-state index in [9.17, 15) is 0 Å². The Balaban J connectivity index is 2.01. The van der Waals surface area contributed by atoms with Gasteiger partial charge in [-0.2, -0.15) is 0 Å². The molecular formula is C17H11Br2N. The molecule has 0 spiro atoms. The van der Waals surface area contributed by atoms with Crippen LogP contribution in [0.2, 0.25) is 0 Å². The maximum absolute atomic E-state index is 4.74. The van der Waals surface area contributed by atoms with Gasteiger partial charge >= 0.3 is 0 Å². The van der Waals surface area contributed by atoms with E-state index in [1.54, 1.807) is 0 Å². The van der Waals surface area contributed by atoms with E-state index < -0.39 is 0 Å². The smallest absolute Gasteiger partial charge is 0.0709 e. The van der Waals surface area contributed by atoms with E-state index in [1.165, 1.54) is 0 Å².